The average molecular weight is 302 g/mol. The van der Waals surface area contributed by atoms with Crippen LogP contribution in [0.15, 0.2) is 12.2 Å². The molecule has 0 unspecified atom stereocenters. The molecule has 6 nitrogen and oxygen atoms in total. The van der Waals surface area contributed by atoms with Gasteiger partial charge in [-0.05, 0) is 12.8 Å². The molecule has 0 amide bonds. The molecule has 0 aliphatic rings. The quantitative estimate of drug-likeness (QED) is 0.400. The first-order chi connectivity index (χ1) is 9.97. The lowest BCUT2D eigenvalue weighted by atomic mass is 10.4. The molecule has 0 aliphatic heterocycles. The van der Waals surface area contributed by atoms with E-state index in [1.165, 1.54) is 0 Å². The highest BCUT2D eigenvalue weighted by molar-refractivity contribution is 5.91. The molecule has 1 N–H and O–H groups in total. The van der Waals surface area contributed by atoms with Crippen LogP contribution >= 0.6 is 0 Å². The number of carbonyl (C=O) groups is 3. The number of carboxylic acids is 1. The zero-order valence-electron chi connectivity index (χ0n) is 13.1. The lowest BCUT2D eigenvalue weighted by Crippen LogP contribution is -2.05. The molecule has 0 saturated heterocycles. The fraction of sp³-hybridized carbons (Fsp3) is 0.667. The van der Waals surface area contributed by atoms with E-state index in [2.05, 4.69) is 0 Å². The van der Waals surface area contributed by atoms with Gasteiger partial charge in [0, 0.05) is 18.6 Å². The van der Waals surface area contributed by atoms with Crippen molar-refractivity contribution in [2.75, 3.05) is 13.2 Å². The summed E-state index contributed by atoms with van der Waals surface area (Å²) >= 11 is 0. The van der Waals surface area contributed by atoms with Crippen LogP contribution in [0, 0.1) is 0 Å². The van der Waals surface area contributed by atoms with Crippen molar-refractivity contribution in [3.05, 3.63) is 12.2 Å². The molecule has 0 fully saturated rings. The Morgan fingerprint density at radius 3 is 1.43 bits per heavy atom. The minimum atomic E-state index is -0.745. The average Bonchev–Trinajstić information content (AvgIpc) is 2.46. The molecule has 0 aromatic carbocycles. The van der Waals surface area contributed by atoms with Crippen LogP contribution in [-0.4, -0.2) is 36.2 Å². The van der Waals surface area contributed by atoms with Crippen molar-refractivity contribution in [3.63, 3.8) is 0 Å². The topological polar surface area (TPSA) is 89.9 Å². The van der Waals surface area contributed by atoms with E-state index >= 15 is 0 Å². The lowest BCUT2D eigenvalue weighted by Gasteiger charge is -2.00. The van der Waals surface area contributed by atoms with Crippen molar-refractivity contribution in [3.8, 4) is 0 Å². The van der Waals surface area contributed by atoms with E-state index in [-0.39, 0.29) is 6.42 Å². The van der Waals surface area contributed by atoms with Gasteiger partial charge < -0.3 is 14.6 Å². The maximum absolute atomic E-state index is 11.0. The van der Waals surface area contributed by atoms with Gasteiger partial charge in [-0.1, -0.05) is 33.6 Å². The van der Waals surface area contributed by atoms with Crippen molar-refractivity contribution in [2.45, 2.75) is 52.9 Å². The van der Waals surface area contributed by atoms with Crippen molar-refractivity contribution >= 4 is 17.9 Å². The second-order valence-electron chi connectivity index (χ2n) is 4.12. The third kappa shape index (κ3) is 20.6. The largest absolute Gasteiger partial charge is 0.481 e. The third-order valence-electron chi connectivity index (χ3n) is 2.14. The van der Waals surface area contributed by atoms with E-state index in [9.17, 15) is 14.4 Å². The maximum Gasteiger partial charge on any atom is 0.331 e. The third-order valence-corrected chi connectivity index (χ3v) is 2.14. The molecule has 0 bridgehead atoms. The number of rotatable bonds is 9. The van der Waals surface area contributed by atoms with Gasteiger partial charge in [0.15, 0.2) is 0 Å². The molecule has 122 valence electrons. The van der Waals surface area contributed by atoms with Crippen molar-refractivity contribution in [1.82, 2.24) is 0 Å². The van der Waals surface area contributed by atoms with Gasteiger partial charge in [-0.15, -0.1) is 0 Å². The molecular formula is C15H26O6. The Labute approximate surface area is 126 Å². The first-order valence-corrected chi connectivity index (χ1v) is 7.21. The lowest BCUT2D eigenvalue weighted by molar-refractivity contribution is -0.140. The molecule has 0 aliphatic carbocycles. The number of carboxylic acid groups (broad SMARTS) is 1. The summed E-state index contributed by atoms with van der Waals surface area (Å²) in [5.74, 6) is -1.74. The molecule has 0 heterocycles. The Balaban J connectivity index is 0. The summed E-state index contributed by atoms with van der Waals surface area (Å²) in [6, 6.07) is 0. The fourth-order valence-electron chi connectivity index (χ4n) is 0.867. The predicted molar refractivity (Wildman–Crippen MR) is 78.8 cm³/mol. The van der Waals surface area contributed by atoms with Crippen LogP contribution in [0.3, 0.4) is 0 Å². The summed E-state index contributed by atoms with van der Waals surface area (Å²) in [6.45, 7) is 6.40. The fourth-order valence-corrected chi connectivity index (χ4v) is 0.867. The summed E-state index contributed by atoms with van der Waals surface area (Å²) in [4.78, 5) is 31.4. The molecule has 0 atom stereocenters. The van der Waals surface area contributed by atoms with Crippen molar-refractivity contribution < 1.29 is 29.0 Å². The monoisotopic (exact) mass is 302 g/mol. The van der Waals surface area contributed by atoms with Gasteiger partial charge in [0.25, 0.3) is 0 Å². The van der Waals surface area contributed by atoms with Gasteiger partial charge in [0.1, 0.15) is 0 Å². The number of unbranched alkanes of at least 4 members (excludes halogenated alkanes) is 2. The molecule has 6 heteroatoms. The number of carbonyl (C=O) groups excluding carboxylic acids is 2. The second kappa shape index (κ2) is 16.2. The molecule has 0 spiro atoms. The Kier molecular flexibility index (Phi) is 16.6. The van der Waals surface area contributed by atoms with E-state index in [4.69, 9.17) is 14.6 Å². The summed E-state index contributed by atoms with van der Waals surface area (Å²) in [5, 5.41) is 7.72. The van der Waals surface area contributed by atoms with E-state index in [0.29, 0.717) is 13.2 Å². The normalized spacial score (nSPS) is 9.67. The van der Waals surface area contributed by atoms with Crippen LogP contribution in [-0.2, 0) is 23.9 Å². The Morgan fingerprint density at radius 2 is 1.19 bits per heavy atom. The van der Waals surface area contributed by atoms with E-state index < -0.39 is 17.9 Å². The maximum atomic E-state index is 11.0. The number of hydrogen-bond donors (Lipinski definition) is 1. The first-order valence-electron chi connectivity index (χ1n) is 7.21. The van der Waals surface area contributed by atoms with Gasteiger partial charge in [0.2, 0.25) is 0 Å². The van der Waals surface area contributed by atoms with Crippen LogP contribution in [0.5, 0.6) is 0 Å². The van der Waals surface area contributed by atoms with E-state index in [0.717, 1.165) is 37.8 Å². The molecule has 0 saturated carbocycles. The van der Waals surface area contributed by atoms with Crippen LogP contribution < -0.4 is 0 Å². The SMILES string of the molecule is CCC(=O)O.CCCCOC(=O)/C=C\C(=O)OCCCC. The number of aliphatic carboxylic acids is 1. The number of hydrogen-bond acceptors (Lipinski definition) is 5. The summed E-state index contributed by atoms with van der Waals surface area (Å²) in [5.41, 5.74) is 0. The van der Waals surface area contributed by atoms with E-state index in [1.54, 1.807) is 6.92 Å². The highest BCUT2D eigenvalue weighted by Gasteiger charge is 2.00. The summed E-state index contributed by atoms with van der Waals surface area (Å²) < 4.78 is 9.65. The molecule has 0 radical (unpaired) electrons. The van der Waals surface area contributed by atoms with Gasteiger partial charge in [0.05, 0.1) is 13.2 Å². The molecular weight excluding hydrogens is 276 g/mol. The minimum Gasteiger partial charge on any atom is -0.481 e. The van der Waals surface area contributed by atoms with Crippen LogP contribution in [0.4, 0.5) is 0 Å². The van der Waals surface area contributed by atoms with Crippen molar-refractivity contribution in [1.29, 1.82) is 0 Å². The number of ether oxygens (including phenoxy) is 2. The number of esters is 2. The van der Waals surface area contributed by atoms with E-state index in [1.807, 2.05) is 13.8 Å². The standard InChI is InChI=1S/C12H20O4.C3H6O2/c1-3-5-9-15-11(13)7-8-12(14)16-10-6-4-2;1-2-3(4)5/h7-8H,3-6,9-10H2,1-2H3;2H2,1H3,(H,4,5)/b8-7-;. The summed E-state index contributed by atoms with van der Waals surface area (Å²) in [7, 11) is 0. The molecule has 0 aromatic heterocycles. The van der Waals surface area contributed by atoms with Gasteiger partial charge in [-0.25, -0.2) is 9.59 Å². The zero-order valence-corrected chi connectivity index (χ0v) is 13.1. The molecule has 21 heavy (non-hydrogen) atoms. The second-order valence-corrected chi connectivity index (χ2v) is 4.12. The zero-order chi connectivity index (χ0) is 16.5. The van der Waals surface area contributed by atoms with Gasteiger partial charge in [-0.3, -0.25) is 4.79 Å². The highest BCUT2D eigenvalue weighted by atomic mass is 16.5. The van der Waals surface area contributed by atoms with Gasteiger partial charge in [-0.2, -0.15) is 0 Å². The Hall–Kier alpha value is -1.85. The minimum absolute atomic E-state index is 0.222. The smallest absolute Gasteiger partial charge is 0.331 e. The van der Waals surface area contributed by atoms with Crippen LogP contribution in [0.2, 0.25) is 0 Å². The molecule has 0 aromatic rings. The molecule has 0 rings (SSSR count). The van der Waals surface area contributed by atoms with Crippen molar-refractivity contribution in [2.24, 2.45) is 0 Å². The first kappa shape index (κ1) is 21.4. The van der Waals surface area contributed by atoms with Crippen LogP contribution in [0.25, 0.3) is 0 Å². The van der Waals surface area contributed by atoms with Crippen LogP contribution in [0.1, 0.15) is 52.9 Å². The Bertz CT molecular complexity index is 298. The summed E-state index contributed by atoms with van der Waals surface area (Å²) in [6.07, 6.45) is 6.03. The Morgan fingerprint density at radius 1 is 0.857 bits per heavy atom. The highest BCUT2D eigenvalue weighted by Crippen LogP contribution is 1.92. The van der Waals surface area contributed by atoms with Gasteiger partial charge >= 0.3 is 17.9 Å². The predicted octanol–water partition coefficient (Wildman–Crippen LogP) is 2.71.